The van der Waals surface area contributed by atoms with Gasteiger partial charge in [-0.05, 0) is 0 Å². The van der Waals surface area contributed by atoms with Crippen LogP contribution in [0.3, 0.4) is 0 Å². The molecule has 13 heteroatoms. The molecule has 0 fully saturated rings. The van der Waals surface area contributed by atoms with Crippen LogP contribution in [0.2, 0.25) is 0 Å². The van der Waals surface area contributed by atoms with Gasteiger partial charge in [-0.3, -0.25) is 29.0 Å². The van der Waals surface area contributed by atoms with Crippen LogP contribution in [-0.2, 0) is 19.2 Å². The van der Waals surface area contributed by atoms with E-state index in [1.165, 1.54) is 0 Å². The van der Waals surface area contributed by atoms with E-state index in [0.29, 0.717) is 0 Å². The van der Waals surface area contributed by atoms with Crippen LogP contribution in [0.15, 0.2) is 0 Å². The molecule has 0 heterocycles. The average Bonchev–Trinajstić information content (AvgIpc) is 2.22. The van der Waals surface area contributed by atoms with Crippen molar-refractivity contribution in [2.75, 3.05) is 39.3 Å². The molecule has 23 heavy (non-hydrogen) atoms. The third-order valence-corrected chi connectivity index (χ3v) is 2.17. The first kappa shape index (κ1) is 32.1. The molecule has 0 bridgehead atoms. The van der Waals surface area contributed by atoms with E-state index in [4.69, 9.17) is 20.4 Å². The number of carboxylic acids is 4. The molecule has 122 valence electrons. The van der Waals surface area contributed by atoms with Crippen molar-refractivity contribution in [3.63, 3.8) is 0 Å². The molecule has 0 radical (unpaired) electrons. The molecule has 0 saturated heterocycles. The van der Waals surface area contributed by atoms with Crippen molar-refractivity contribution in [2.24, 2.45) is 0 Å². The number of carboxylic acid groups (broad SMARTS) is 4. The molecule has 0 aromatic carbocycles. The summed E-state index contributed by atoms with van der Waals surface area (Å²) in [7, 11) is 0. The zero-order valence-electron chi connectivity index (χ0n) is 10.6. The summed E-state index contributed by atoms with van der Waals surface area (Å²) in [6, 6.07) is 0. The van der Waals surface area contributed by atoms with Gasteiger partial charge in [0.1, 0.15) is 0 Å². The Labute approximate surface area is 217 Å². The van der Waals surface area contributed by atoms with Crippen LogP contribution >= 0.6 is 0 Å². The van der Waals surface area contributed by atoms with Gasteiger partial charge in [-0.2, -0.15) is 0 Å². The number of aliphatic carboxylic acids is 4. The van der Waals surface area contributed by atoms with Crippen molar-refractivity contribution in [1.29, 1.82) is 0 Å². The van der Waals surface area contributed by atoms with Gasteiger partial charge >= 0.3 is 132 Å². The Kier molecular flexibility index (Phi) is 25.3. The van der Waals surface area contributed by atoms with Gasteiger partial charge in [-0.1, -0.05) is 0 Å². The van der Waals surface area contributed by atoms with Gasteiger partial charge in [0.15, 0.2) is 0 Å². The topological polar surface area (TPSA) is 156 Å². The molecule has 0 saturated carbocycles. The van der Waals surface area contributed by atoms with E-state index >= 15 is 0 Å². The van der Waals surface area contributed by atoms with Gasteiger partial charge in [0.25, 0.3) is 0 Å². The van der Waals surface area contributed by atoms with Crippen LogP contribution in [-0.4, -0.2) is 201 Å². The Balaban J connectivity index is -0.000000602. The molecule has 0 aromatic rings. The molecule has 0 rings (SSSR count). The maximum atomic E-state index is 10.6. The molecule has 10 nitrogen and oxygen atoms in total. The molecule has 0 amide bonds. The quantitative estimate of drug-likeness (QED) is 0.214. The monoisotopic (exact) mass is 480 g/mol. The number of rotatable bonds is 11. The minimum absolute atomic E-state index is 0. The second-order valence-corrected chi connectivity index (χ2v) is 4.00. The first-order chi connectivity index (χ1) is 9.20. The summed E-state index contributed by atoms with van der Waals surface area (Å²) in [4.78, 5) is 44.4. The molecule has 0 aliphatic heterocycles. The second kappa shape index (κ2) is 18.2. The van der Waals surface area contributed by atoms with E-state index < -0.39 is 50.1 Å². The zero-order chi connectivity index (χ0) is 15.7. The normalized spacial score (nSPS) is 9.30. The van der Waals surface area contributed by atoms with E-state index in [0.717, 1.165) is 9.80 Å². The number of carbonyl (C=O) groups is 4. The molecular weight excluding hydrogens is 459 g/mol. The van der Waals surface area contributed by atoms with E-state index in [9.17, 15) is 19.2 Å². The second-order valence-electron chi connectivity index (χ2n) is 4.00. The Morgan fingerprint density at radius 1 is 0.565 bits per heavy atom. The number of nitrogens with zero attached hydrogens (tertiary/aromatic N) is 2. The van der Waals surface area contributed by atoms with Crippen molar-refractivity contribution >= 4 is 132 Å². The fraction of sp³-hybridized carbons (Fsp3) is 0.600. The SMILES string of the molecule is O=C(O)CN(CCN(CC(=O)O)CC(=O)O)CC(=O)O.[BaH2].[NaH].[NaH]. The van der Waals surface area contributed by atoms with Gasteiger partial charge in [-0.15, -0.1) is 0 Å². The van der Waals surface area contributed by atoms with E-state index in [2.05, 4.69) is 0 Å². The Morgan fingerprint density at radius 3 is 0.870 bits per heavy atom. The molecule has 0 aliphatic rings. The molecular formula is C10H20BaN2Na2O8. The number of hydrogen-bond acceptors (Lipinski definition) is 6. The third-order valence-electron chi connectivity index (χ3n) is 2.17. The standard InChI is InChI=1S/C10H16N2O8.Ba.2Na.4H/c13-7(14)3-11(4-8(15)16)1-2-12(5-9(17)18)6-10(19)20;;;;;;;/h1-6H2,(H,13,14)(H,15,16)(H,17,18)(H,19,20);;;;;;;. The van der Waals surface area contributed by atoms with E-state index in [1.807, 2.05) is 0 Å². The van der Waals surface area contributed by atoms with Crippen LogP contribution in [0, 0.1) is 0 Å². The minimum atomic E-state index is -1.23. The fourth-order valence-corrected chi connectivity index (χ4v) is 1.48. The Hall–Kier alpha value is 1.37. The molecule has 0 unspecified atom stereocenters. The summed E-state index contributed by atoms with van der Waals surface area (Å²) < 4.78 is 0. The maximum absolute atomic E-state index is 10.6. The van der Waals surface area contributed by atoms with Gasteiger partial charge < -0.3 is 20.4 Å². The van der Waals surface area contributed by atoms with Gasteiger partial charge in [-0.25, -0.2) is 0 Å². The van der Waals surface area contributed by atoms with Crippen LogP contribution in [0.1, 0.15) is 0 Å². The summed E-state index contributed by atoms with van der Waals surface area (Å²) in [5, 5.41) is 34.5. The molecule has 0 spiro atoms. The fourth-order valence-electron chi connectivity index (χ4n) is 1.48. The summed E-state index contributed by atoms with van der Waals surface area (Å²) >= 11 is 0. The predicted octanol–water partition coefficient (Wildman–Crippen LogP) is -4.28. The van der Waals surface area contributed by atoms with Crippen molar-refractivity contribution in [3.8, 4) is 0 Å². The van der Waals surface area contributed by atoms with Gasteiger partial charge in [0, 0.05) is 13.1 Å². The zero-order valence-corrected chi connectivity index (χ0v) is 10.6. The summed E-state index contributed by atoms with van der Waals surface area (Å²) in [5.41, 5.74) is 0. The first-order valence-corrected chi connectivity index (χ1v) is 5.52. The van der Waals surface area contributed by atoms with Gasteiger partial charge in [0.2, 0.25) is 0 Å². The summed E-state index contributed by atoms with van der Waals surface area (Å²) in [6.45, 7) is -2.25. The van der Waals surface area contributed by atoms with Gasteiger partial charge in [0.05, 0.1) is 26.2 Å². The van der Waals surface area contributed by atoms with E-state index in [-0.39, 0.29) is 121 Å². The molecule has 0 atom stereocenters. The average molecular weight is 480 g/mol. The van der Waals surface area contributed by atoms with Crippen LogP contribution < -0.4 is 0 Å². The van der Waals surface area contributed by atoms with Crippen molar-refractivity contribution in [1.82, 2.24) is 9.80 Å². The van der Waals surface area contributed by atoms with Crippen LogP contribution in [0.25, 0.3) is 0 Å². The van der Waals surface area contributed by atoms with E-state index in [1.54, 1.807) is 0 Å². The summed E-state index contributed by atoms with van der Waals surface area (Å²) in [6.07, 6.45) is 0. The van der Waals surface area contributed by atoms with Crippen LogP contribution in [0.5, 0.6) is 0 Å². The predicted molar refractivity (Wildman–Crippen MR) is 86.3 cm³/mol. The third kappa shape index (κ3) is 21.3. The van der Waals surface area contributed by atoms with Crippen LogP contribution in [0.4, 0.5) is 0 Å². The molecule has 0 aliphatic carbocycles. The van der Waals surface area contributed by atoms with Crippen molar-refractivity contribution in [2.45, 2.75) is 0 Å². The van der Waals surface area contributed by atoms with Crippen molar-refractivity contribution < 1.29 is 39.6 Å². The molecule has 4 N–H and O–H groups in total. The molecule has 0 aromatic heterocycles. The Morgan fingerprint density at radius 2 is 0.739 bits per heavy atom. The summed E-state index contributed by atoms with van der Waals surface area (Å²) in [5.74, 6) is -4.91. The Bertz CT molecular complexity index is 331. The first-order valence-electron chi connectivity index (χ1n) is 5.52. The van der Waals surface area contributed by atoms with Crippen molar-refractivity contribution in [3.05, 3.63) is 0 Å². The number of hydrogen-bond donors (Lipinski definition) is 4.